The third-order valence-electron chi connectivity index (χ3n) is 3.45. The van der Waals surface area contributed by atoms with E-state index < -0.39 is 0 Å². The molecule has 22 heavy (non-hydrogen) atoms. The molecule has 0 aliphatic rings. The zero-order chi connectivity index (χ0) is 15.5. The zero-order valence-corrected chi connectivity index (χ0v) is 13.8. The molecule has 0 radical (unpaired) electrons. The Morgan fingerprint density at radius 1 is 1.18 bits per heavy atom. The molecule has 0 bridgehead atoms. The maximum absolute atomic E-state index is 12.0. The lowest BCUT2D eigenvalue weighted by Crippen LogP contribution is -2.25. The topological polar surface area (TPSA) is 46.4 Å². The number of nitrogens with zero attached hydrogens (tertiary/aromatic N) is 2. The number of pyridine rings is 1. The van der Waals surface area contributed by atoms with E-state index in [4.69, 9.17) is 0 Å². The largest absolute Gasteiger partial charge is 0.352 e. The van der Waals surface area contributed by atoms with E-state index in [2.05, 4.69) is 26.2 Å². The summed E-state index contributed by atoms with van der Waals surface area (Å²) in [6.07, 6.45) is 4.66. The molecule has 5 heteroatoms. The number of benzene rings is 1. The number of hydrogen-bond donors (Lipinski definition) is 1. The normalized spacial score (nSPS) is 10.8. The number of imidazole rings is 1. The molecular weight excluding hydrogens is 342 g/mol. The number of aromatic nitrogens is 2. The number of fused-ring (bicyclic) bond motifs is 1. The summed E-state index contributed by atoms with van der Waals surface area (Å²) in [6, 6.07) is 11.5. The first-order valence-electron chi connectivity index (χ1n) is 7.10. The van der Waals surface area contributed by atoms with Crippen molar-refractivity contribution in [1.29, 1.82) is 0 Å². The van der Waals surface area contributed by atoms with E-state index in [9.17, 15) is 4.79 Å². The van der Waals surface area contributed by atoms with Gasteiger partial charge in [0, 0.05) is 35.4 Å². The van der Waals surface area contributed by atoms with Crippen LogP contribution in [0.1, 0.15) is 21.6 Å². The lowest BCUT2D eigenvalue weighted by atomic mass is 10.1. The molecule has 0 saturated carbocycles. The molecule has 4 nitrogen and oxygen atoms in total. The molecule has 0 aliphatic heterocycles. The molecule has 0 aliphatic carbocycles. The maximum Gasteiger partial charge on any atom is 0.251 e. The second-order valence-corrected chi connectivity index (χ2v) is 6.13. The Morgan fingerprint density at radius 2 is 1.95 bits per heavy atom. The molecule has 2 aromatic heterocycles. The van der Waals surface area contributed by atoms with Crippen LogP contribution in [0, 0.1) is 6.92 Å². The molecule has 3 rings (SSSR count). The molecule has 3 aromatic rings. The van der Waals surface area contributed by atoms with Crippen LogP contribution >= 0.6 is 15.9 Å². The molecule has 1 N–H and O–H groups in total. The van der Waals surface area contributed by atoms with E-state index in [1.807, 2.05) is 60.1 Å². The van der Waals surface area contributed by atoms with Gasteiger partial charge in [0.2, 0.25) is 0 Å². The van der Waals surface area contributed by atoms with Crippen molar-refractivity contribution in [3.63, 3.8) is 0 Å². The van der Waals surface area contributed by atoms with Gasteiger partial charge in [-0.2, -0.15) is 0 Å². The standard InChI is InChI=1S/C17H16BrN3O/c1-12-2-4-13(5-3-12)17(22)19-9-8-15-11-21-10-14(18)6-7-16(21)20-15/h2-7,10-11H,8-9H2,1H3,(H,19,22). The molecule has 2 heterocycles. The van der Waals surface area contributed by atoms with Gasteiger partial charge in [-0.1, -0.05) is 17.7 Å². The molecule has 0 saturated heterocycles. The third kappa shape index (κ3) is 3.36. The van der Waals surface area contributed by atoms with Crippen LogP contribution in [-0.2, 0) is 6.42 Å². The van der Waals surface area contributed by atoms with Crippen LogP contribution in [0.3, 0.4) is 0 Å². The average molecular weight is 358 g/mol. The Bertz CT molecular complexity index is 808. The fourth-order valence-corrected chi connectivity index (χ4v) is 2.60. The van der Waals surface area contributed by atoms with E-state index in [0.717, 1.165) is 21.4 Å². The highest BCUT2D eigenvalue weighted by molar-refractivity contribution is 9.10. The summed E-state index contributed by atoms with van der Waals surface area (Å²) < 4.78 is 2.98. The first-order chi connectivity index (χ1) is 10.6. The zero-order valence-electron chi connectivity index (χ0n) is 12.2. The van der Waals surface area contributed by atoms with Gasteiger partial charge in [0.1, 0.15) is 5.65 Å². The molecular formula is C17H16BrN3O. The minimum absolute atomic E-state index is 0.0495. The molecule has 0 fully saturated rings. The number of rotatable bonds is 4. The van der Waals surface area contributed by atoms with Gasteiger partial charge in [0.15, 0.2) is 0 Å². The van der Waals surface area contributed by atoms with Crippen molar-refractivity contribution in [1.82, 2.24) is 14.7 Å². The monoisotopic (exact) mass is 357 g/mol. The van der Waals surface area contributed by atoms with Gasteiger partial charge in [-0.25, -0.2) is 4.98 Å². The highest BCUT2D eigenvalue weighted by Crippen LogP contribution is 2.12. The summed E-state index contributed by atoms with van der Waals surface area (Å²) in [5.41, 5.74) is 3.70. The summed E-state index contributed by atoms with van der Waals surface area (Å²) in [6.45, 7) is 2.57. The fraction of sp³-hybridized carbons (Fsp3) is 0.176. The van der Waals surface area contributed by atoms with Gasteiger partial charge in [0.25, 0.3) is 5.91 Å². The third-order valence-corrected chi connectivity index (χ3v) is 3.91. The Labute approximate surface area is 137 Å². The lowest BCUT2D eigenvalue weighted by molar-refractivity contribution is 0.0954. The highest BCUT2D eigenvalue weighted by Gasteiger charge is 2.06. The summed E-state index contributed by atoms with van der Waals surface area (Å²) in [7, 11) is 0. The van der Waals surface area contributed by atoms with Gasteiger partial charge in [-0.05, 0) is 47.1 Å². The second kappa shape index (κ2) is 6.32. The van der Waals surface area contributed by atoms with Crippen LogP contribution in [0.25, 0.3) is 5.65 Å². The van der Waals surface area contributed by atoms with Gasteiger partial charge in [0.05, 0.1) is 5.69 Å². The van der Waals surface area contributed by atoms with Gasteiger partial charge in [-0.15, -0.1) is 0 Å². The maximum atomic E-state index is 12.0. The average Bonchev–Trinajstić information content (AvgIpc) is 2.89. The molecule has 1 aromatic carbocycles. The minimum Gasteiger partial charge on any atom is -0.352 e. The minimum atomic E-state index is -0.0495. The number of carbonyl (C=O) groups excluding carboxylic acids is 1. The molecule has 1 amide bonds. The Balaban J connectivity index is 1.59. The smallest absolute Gasteiger partial charge is 0.251 e. The van der Waals surface area contributed by atoms with Gasteiger partial charge in [-0.3, -0.25) is 4.79 Å². The van der Waals surface area contributed by atoms with E-state index >= 15 is 0 Å². The first kappa shape index (κ1) is 14.8. The Kier molecular flexibility index (Phi) is 4.24. The quantitative estimate of drug-likeness (QED) is 0.777. The molecule has 0 spiro atoms. The SMILES string of the molecule is Cc1ccc(C(=O)NCCc2cn3cc(Br)ccc3n2)cc1. The van der Waals surface area contributed by atoms with Crippen molar-refractivity contribution in [2.24, 2.45) is 0 Å². The van der Waals surface area contributed by atoms with Crippen LogP contribution < -0.4 is 5.32 Å². The van der Waals surface area contributed by atoms with E-state index in [-0.39, 0.29) is 5.91 Å². The van der Waals surface area contributed by atoms with Crippen molar-refractivity contribution in [2.45, 2.75) is 13.3 Å². The van der Waals surface area contributed by atoms with Crippen molar-refractivity contribution < 1.29 is 4.79 Å². The lowest BCUT2D eigenvalue weighted by Gasteiger charge is -2.04. The second-order valence-electron chi connectivity index (χ2n) is 5.22. The summed E-state index contributed by atoms with van der Waals surface area (Å²) >= 11 is 3.44. The summed E-state index contributed by atoms with van der Waals surface area (Å²) in [4.78, 5) is 16.5. The Morgan fingerprint density at radius 3 is 2.73 bits per heavy atom. The van der Waals surface area contributed by atoms with Crippen LogP contribution in [-0.4, -0.2) is 21.8 Å². The van der Waals surface area contributed by atoms with Gasteiger partial charge < -0.3 is 9.72 Å². The van der Waals surface area contributed by atoms with Crippen molar-refractivity contribution >= 4 is 27.5 Å². The highest BCUT2D eigenvalue weighted by atomic mass is 79.9. The number of aryl methyl sites for hydroxylation is 1. The van der Waals surface area contributed by atoms with E-state index in [1.54, 1.807) is 0 Å². The number of hydrogen-bond acceptors (Lipinski definition) is 2. The van der Waals surface area contributed by atoms with Crippen LogP contribution in [0.2, 0.25) is 0 Å². The van der Waals surface area contributed by atoms with Crippen molar-refractivity contribution in [2.75, 3.05) is 6.54 Å². The Hall–Kier alpha value is -2.14. The van der Waals surface area contributed by atoms with Crippen LogP contribution in [0.5, 0.6) is 0 Å². The van der Waals surface area contributed by atoms with Crippen LogP contribution in [0.15, 0.2) is 53.3 Å². The molecule has 0 atom stereocenters. The summed E-state index contributed by atoms with van der Waals surface area (Å²) in [5, 5.41) is 2.93. The summed E-state index contributed by atoms with van der Waals surface area (Å²) in [5.74, 6) is -0.0495. The number of nitrogens with one attached hydrogen (secondary N) is 1. The number of carbonyl (C=O) groups is 1. The number of amides is 1. The van der Waals surface area contributed by atoms with Crippen LogP contribution in [0.4, 0.5) is 0 Å². The van der Waals surface area contributed by atoms with E-state index in [0.29, 0.717) is 18.5 Å². The number of halogens is 1. The first-order valence-corrected chi connectivity index (χ1v) is 7.89. The predicted molar refractivity (Wildman–Crippen MR) is 90.1 cm³/mol. The van der Waals surface area contributed by atoms with Crippen molar-refractivity contribution in [3.05, 3.63) is 70.1 Å². The van der Waals surface area contributed by atoms with Gasteiger partial charge >= 0.3 is 0 Å². The van der Waals surface area contributed by atoms with Crippen molar-refractivity contribution in [3.8, 4) is 0 Å². The molecule has 0 unspecified atom stereocenters. The molecule has 112 valence electrons. The van der Waals surface area contributed by atoms with E-state index in [1.165, 1.54) is 0 Å². The predicted octanol–water partition coefficient (Wildman–Crippen LogP) is 3.38. The fourth-order valence-electron chi connectivity index (χ4n) is 2.25.